The van der Waals surface area contributed by atoms with Gasteiger partial charge in [0.1, 0.15) is 12.2 Å². The molecule has 6 N–H and O–H groups in total. The Morgan fingerprint density at radius 1 is 1.19 bits per heavy atom. The van der Waals surface area contributed by atoms with Crippen molar-refractivity contribution in [3.05, 3.63) is 23.8 Å². The van der Waals surface area contributed by atoms with Gasteiger partial charge in [0.2, 0.25) is 0 Å². The maximum absolute atomic E-state index is 12.1. The third-order valence-electron chi connectivity index (χ3n) is 9.31. The van der Waals surface area contributed by atoms with Crippen LogP contribution in [0.3, 0.4) is 0 Å². The highest BCUT2D eigenvalue weighted by atomic mass is 16.5. The zero-order valence-corrected chi connectivity index (χ0v) is 26.1. The Labute approximate surface area is 257 Å². The summed E-state index contributed by atoms with van der Waals surface area (Å²) in [6.07, 6.45) is 10.1. The first-order chi connectivity index (χ1) is 20.7. The second kappa shape index (κ2) is 16.2. The SMILES string of the molecule is CCC1(CN=C(N)NC2CCCCC2)C#CCC(Cc2ccc(O)c(OC3CCNCC3)c2)C(OC(C)=O)CC(O)CC1. The van der Waals surface area contributed by atoms with Crippen molar-refractivity contribution in [3.63, 3.8) is 0 Å². The Balaban J connectivity index is 1.52. The Morgan fingerprint density at radius 3 is 2.67 bits per heavy atom. The van der Waals surface area contributed by atoms with Gasteiger partial charge in [0, 0.05) is 31.7 Å². The molecule has 9 heteroatoms. The lowest BCUT2D eigenvalue weighted by molar-refractivity contribution is -0.151. The number of nitrogens with zero attached hydrogens (tertiary/aromatic N) is 1. The van der Waals surface area contributed by atoms with E-state index in [0.29, 0.717) is 56.4 Å². The lowest BCUT2D eigenvalue weighted by Gasteiger charge is -2.32. The van der Waals surface area contributed by atoms with Crippen LogP contribution < -0.4 is 21.1 Å². The monoisotopic (exact) mass is 596 g/mol. The number of carbonyl (C=O) groups is 1. The van der Waals surface area contributed by atoms with Crippen molar-refractivity contribution in [1.82, 2.24) is 10.6 Å². The van der Waals surface area contributed by atoms with Crippen molar-refractivity contribution in [2.45, 2.75) is 122 Å². The first-order valence-electron chi connectivity index (χ1n) is 16.4. The van der Waals surface area contributed by atoms with Crippen molar-refractivity contribution in [2.24, 2.45) is 22.1 Å². The van der Waals surface area contributed by atoms with E-state index >= 15 is 0 Å². The summed E-state index contributed by atoms with van der Waals surface area (Å²) in [7, 11) is 0. The number of phenols is 1. The first kappa shape index (κ1) is 32.9. The highest BCUT2D eigenvalue weighted by molar-refractivity contribution is 5.78. The van der Waals surface area contributed by atoms with Gasteiger partial charge in [-0.3, -0.25) is 9.79 Å². The molecule has 1 saturated heterocycles. The molecule has 1 saturated carbocycles. The second-order valence-electron chi connectivity index (χ2n) is 12.7. The lowest BCUT2D eigenvalue weighted by Crippen LogP contribution is -2.41. The van der Waals surface area contributed by atoms with Gasteiger partial charge in [0.25, 0.3) is 0 Å². The number of ether oxygens (including phenoxy) is 2. The Kier molecular flexibility index (Phi) is 12.4. The van der Waals surface area contributed by atoms with E-state index in [1.54, 1.807) is 6.07 Å². The molecule has 9 nitrogen and oxygen atoms in total. The summed E-state index contributed by atoms with van der Waals surface area (Å²) < 4.78 is 12.0. The molecule has 0 amide bonds. The fourth-order valence-electron chi connectivity index (χ4n) is 6.56. The van der Waals surface area contributed by atoms with E-state index in [9.17, 15) is 15.0 Å². The van der Waals surface area contributed by atoms with Crippen molar-refractivity contribution in [1.29, 1.82) is 0 Å². The summed E-state index contributed by atoms with van der Waals surface area (Å²) in [6.45, 7) is 5.79. The molecule has 4 unspecified atom stereocenters. The van der Waals surface area contributed by atoms with Gasteiger partial charge < -0.3 is 36.1 Å². The molecule has 1 aliphatic heterocycles. The van der Waals surface area contributed by atoms with Gasteiger partial charge in [-0.25, -0.2) is 0 Å². The molecule has 2 fully saturated rings. The van der Waals surface area contributed by atoms with Crippen LogP contribution in [-0.4, -0.2) is 66.1 Å². The quantitative estimate of drug-likeness (QED) is 0.124. The molecule has 4 rings (SSSR count). The maximum Gasteiger partial charge on any atom is 0.302 e. The third-order valence-corrected chi connectivity index (χ3v) is 9.31. The van der Waals surface area contributed by atoms with Crippen LogP contribution in [0.4, 0.5) is 0 Å². The van der Waals surface area contributed by atoms with Crippen molar-refractivity contribution in [2.75, 3.05) is 19.6 Å². The number of hydrogen-bond donors (Lipinski definition) is 5. The highest BCUT2D eigenvalue weighted by Crippen LogP contribution is 2.34. The summed E-state index contributed by atoms with van der Waals surface area (Å²) in [5.41, 5.74) is 6.87. The molecular weight excluding hydrogens is 544 g/mol. The van der Waals surface area contributed by atoms with E-state index in [2.05, 4.69) is 29.4 Å². The molecule has 2 aliphatic carbocycles. The van der Waals surface area contributed by atoms with Crippen molar-refractivity contribution in [3.8, 4) is 23.3 Å². The van der Waals surface area contributed by atoms with E-state index in [0.717, 1.165) is 50.8 Å². The lowest BCUT2D eigenvalue weighted by atomic mass is 9.78. The Bertz CT molecular complexity index is 1140. The van der Waals surface area contributed by atoms with Gasteiger partial charge in [-0.05, 0) is 82.2 Å². The number of aliphatic imine (C=N–C) groups is 1. The largest absolute Gasteiger partial charge is 0.504 e. The molecule has 0 bridgehead atoms. The molecule has 1 heterocycles. The Hall–Kier alpha value is -2.96. The normalized spacial score (nSPS) is 27.9. The van der Waals surface area contributed by atoms with Gasteiger partial charge in [-0.2, -0.15) is 0 Å². The van der Waals surface area contributed by atoms with E-state index in [1.165, 1.54) is 26.2 Å². The van der Waals surface area contributed by atoms with Crippen LogP contribution in [0.5, 0.6) is 11.5 Å². The van der Waals surface area contributed by atoms with Crippen LogP contribution >= 0.6 is 0 Å². The number of esters is 1. The standard InChI is InChI=1S/C34H52N4O5/c1-3-34(23-37-33(35)38-27-9-5-4-6-10-27)16-7-8-26(31(42-24(2)39)22-28(40)13-17-34)20-25-11-12-30(41)32(21-25)43-29-14-18-36-19-15-29/h11-12,21,26-29,31,36,40-41H,3-6,8-10,13-15,17-20,22-23H2,1-2H3,(H3,35,37,38). The topological polar surface area (TPSA) is 138 Å². The molecule has 1 aromatic carbocycles. The third kappa shape index (κ3) is 10.3. The van der Waals surface area contributed by atoms with Crippen LogP contribution in [0.25, 0.3) is 0 Å². The smallest absolute Gasteiger partial charge is 0.302 e. The number of phenolic OH excluding ortho intramolecular Hbond substituents is 1. The number of carbonyl (C=O) groups excluding carboxylic acids is 1. The Morgan fingerprint density at radius 2 is 1.95 bits per heavy atom. The van der Waals surface area contributed by atoms with Crippen molar-refractivity contribution < 1.29 is 24.5 Å². The van der Waals surface area contributed by atoms with Gasteiger partial charge in [0.15, 0.2) is 17.5 Å². The molecule has 238 valence electrons. The number of nitrogens with one attached hydrogen (secondary N) is 2. The zero-order chi connectivity index (χ0) is 30.7. The fraction of sp³-hybridized carbons (Fsp3) is 0.706. The zero-order valence-electron chi connectivity index (χ0n) is 26.1. The summed E-state index contributed by atoms with van der Waals surface area (Å²) >= 11 is 0. The van der Waals surface area contributed by atoms with E-state index < -0.39 is 17.6 Å². The van der Waals surface area contributed by atoms with Gasteiger partial charge in [-0.15, -0.1) is 5.92 Å². The number of aromatic hydroxyl groups is 1. The summed E-state index contributed by atoms with van der Waals surface area (Å²) in [4.78, 5) is 16.8. The molecule has 0 spiro atoms. The molecular formula is C34H52N4O5. The van der Waals surface area contributed by atoms with Gasteiger partial charge >= 0.3 is 5.97 Å². The van der Waals surface area contributed by atoms with Crippen LogP contribution in [0.2, 0.25) is 0 Å². The van der Waals surface area contributed by atoms with Crippen LogP contribution in [-0.2, 0) is 16.0 Å². The number of aliphatic hydroxyl groups is 1. The molecule has 1 aromatic rings. The summed E-state index contributed by atoms with van der Waals surface area (Å²) in [5.74, 6) is 7.53. The predicted molar refractivity (Wildman–Crippen MR) is 169 cm³/mol. The number of benzene rings is 1. The number of nitrogens with two attached hydrogens (primary N) is 1. The molecule has 0 radical (unpaired) electrons. The summed E-state index contributed by atoms with van der Waals surface area (Å²) in [5, 5.41) is 28.3. The second-order valence-corrected chi connectivity index (χ2v) is 12.7. The maximum atomic E-state index is 12.1. The molecule has 4 atom stereocenters. The van der Waals surface area contributed by atoms with E-state index in [1.807, 2.05) is 12.1 Å². The minimum atomic E-state index is -0.641. The number of hydrogen-bond acceptors (Lipinski definition) is 7. The average Bonchev–Trinajstić information content (AvgIpc) is 3.00. The summed E-state index contributed by atoms with van der Waals surface area (Å²) in [6, 6.07) is 5.82. The van der Waals surface area contributed by atoms with Crippen molar-refractivity contribution >= 4 is 11.9 Å². The number of piperidine rings is 1. The first-order valence-corrected chi connectivity index (χ1v) is 16.4. The van der Waals surface area contributed by atoms with E-state index in [-0.39, 0.29) is 23.7 Å². The predicted octanol–water partition coefficient (Wildman–Crippen LogP) is 4.19. The van der Waals surface area contributed by atoms with Gasteiger partial charge in [-0.1, -0.05) is 38.2 Å². The van der Waals surface area contributed by atoms with E-state index in [4.69, 9.17) is 20.2 Å². The van der Waals surface area contributed by atoms with Gasteiger partial charge in [0.05, 0.1) is 18.1 Å². The molecule has 43 heavy (non-hydrogen) atoms. The number of aliphatic hydroxyl groups excluding tert-OH is 1. The van der Waals surface area contributed by atoms with Crippen LogP contribution in [0.15, 0.2) is 23.2 Å². The van der Waals surface area contributed by atoms with Crippen LogP contribution in [0, 0.1) is 23.2 Å². The average molecular weight is 597 g/mol. The number of guanidine groups is 1. The van der Waals surface area contributed by atoms with Crippen LogP contribution in [0.1, 0.15) is 96.5 Å². The number of rotatable bonds is 9. The fourth-order valence-corrected chi connectivity index (χ4v) is 6.56. The molecule has 0 aromatic heterocycles. The minimum Gasteiger partial charge on any atom is -0.504 e. The highest BCUT2D eigenvalue weighted by Gasteiger charge is 2.32. The molecule has 3 aliphatic rings. The minimum absolute atomic E-state index is 0.0580.